The lowest BCUT2D eigenvalue weighted by atomic mass is 9.99. The first-order chi connectivity index (χ1) is 7.11. The third-order valence-corrected chi connectivity index (χ3v) is 2.33. The highest BCUT2D eigenvalue weighted by Crippen LogP contribution is 2.21. The summed E-state index contributed by atoms with van der Waals surface area (Å²) in [5.41, 5.74) is 0. The van der Waals surface area contributed by atoms with Gasteiger partial charge in [-0.15, -0.1) is 0 Å². The van der Waals surface area contributed by atoms with Gasteiger partial charge >= 0.3 is 0 Å². The second-order valence-electron chi connectivity index (χ2n) is 3.57. The van der Waals surface area contributed by atoms with E-state index >= 15 is 0 Å². The molecule has 1 aliphatic rings. The molecule has 0 aromatic heterocycles. The Bertz CT molecular complexity index is 185. The van der Waals surface area contributed by atoms with Gasteiger partial charge in [0.25, 0.3) is 0 Å². The first kappa shape index (κ1) is 12.8. The lowest BCUT2D eigenvalue weighted by molar-refractivity contribution is -0.300. The number of hydrogen-bond donors (Lipinski definition) is 4. The Morgan fingerprint density at radius 1 is 1.13 bits per heavy atom. The van der Waals surface area contributed by atoms with Crippen molar-refractivity contribution in [2.75, 3.05) is 13.2 Å². The third kappa shape index (κ3) is 2.87. The van der Waals surface area contributed by atoms with E-state index in [9.17, 15) is 15.3 Å². The highest BCUT2D eigenvalue weighted by atomic mass is 16.7. The molecule has 5 atom stereocenters. The minimum Gasteiger partial charge on any atom is -0.394 e. The average Bonchev–Trinajstić information content (AvgIpc) is 2.25. The Morgan fingerprint density at radius 2 is 1.80 bits per heavy atom. The second-order valence-corrected chi connectivity index (χ2v) is 3.57. The normalized spacial score (nSPS) is 41.8. The molecule has 15 heavy (non-hydrogen) atoms. The van der Waals surface area contributed by atoms with Crippen LogP contribution < -0.4 is 0 Å². The molecule has 1 heterocycles. The summed E-state index contributed by atoms with van der Waals surface area (Å²) in [6.07, 6.45) is -5.14. The first-order valence-electron chi connectivity index (χ1n) is 5.04. The van der Waals surface area contributed by atoms with Crippen LogP contribution >= 0.6 is 0 Å². The van der Waals surface area contributed by atoms with Gasteiger partial charge in [0.1, 0.15) is 24.4 Å². The molecule has 1 rings (SSSR count). The van der Waals surface area contributed by atoms with Crippen LogP contribution in [0.2, 0.25) is 0 Å². The van der Waals surface area contributed by atoms with Gasteiger partial charge in [-0.3, -0.25) is 0 Å². The van der Waals surface area contributed by atoms with Crippen molar-refractivity contribution in [1.82, 2.24) is 0 Å². The van der Waals surface area contributed by atoms with Crippen LogP contribution in [0.5, 0.6) is 0 Å². The van der Waals surface area contributed by atoms with Gasteiger partial charge < -0.3 is 29.9 Å². The van der Waals surface area contributed by atoms with Gasteiger partial charge in [-0.2, -0.15) is 0 Å². The summed E-state index contributed by atoms with van der Waals surface area (Å²) < 4.78 is 10.2. The monoisotopic (exact) mass is 222 g/mol. The van der Waals surface area contributed by atoms with E-state index in [1.165, 1.54) is 0 Å². The van der Waals surface area contributed by atoms with Crippen molar-refractivity contribution < 1.29 is 29.9 Å². The molecule has 4 N–H and O–H groups in total. The topological polar surface area (TPSA) is 99.4 Å². The molecule has 0 unspecified atom stereocenters. The molecule has 0 radical (unpaired) electrons. The minimum absolute atomic E-state index is 0.378. The van der Waals surface area contributed by atoms with E-state index in [2.05, 4.69) is 0 Å². The van der Waals surface area contributed by atoms with Crippen LogP contribution in [0.3, 0.4) is 0 Å². The molecule has 0 saturated carbocycles. The lowest BCUT2D eigenvalue weighted by Crippen LogP contribution is -2.59. The minimum atomic E-state index is -1.36. The summed E-state index contributed by atoms with van der Waals surface area (Å²) >= 11 is 0. The Labute approximate surface area is 88.1 Å². The van der Waals surface area contributed by atoms with E-state index in [1.807, 2.05) is 6.92 Å². The summed E-state index contributed by atoms with van der Waals surface area (Å²) in [7, 11) is 0. The highest BCUT2D eigenvalue weighted by molar-refractivity contribution is 4.88. The summed E-state index contributed by atoms with van der Waals surface area (Å²) in [5.74, 6) is 0. The fraction of sp³-hybridized carbons (Fsp3) is 1.00. The predicted octanol–water partition coefficient (Wildman–Crippen LogP) is -1.79. The van der Waals surface area contributed by atoms with Crippen molar-refractivity contribution in [1.29, 1.82) is 0 Å². The van der Waals surface area contributed by atoms with Crippen molar-refractivity contribution in [3.05, 3.63) is 0 Å². The van der Waals surface area contributed by atoms with Gasteiger partial charge in [0.05, 0.1) is 6.61 Å². The van der Waals surface area contributed by atoms with E-state index < -0.39 is 37.3 Å². The molecular weight excluding hydrogens is 204 g/mol. The fourth-order valence-electron chi connectivity index (χ4n) is 1.44. The maximum atomic E-state index is 9.51. The molecule has 0 spiro atoms. The molecule has 0 aromatic rings. The van der Waals surface area contributed by atoms with Crippen LogP contribution in [-0.4, -0.2) is 64.3 Å². The first-order valence-corrected chi connectivity index (χ1v) is 5.04. The Morgan fingerprint density at radius 3 is 2.33 bits per heavy atom. The molecule has 1 saturated heterocycles. The van der Waals surface area contributed by atoms with E-state index in [0.717, 1.165) is 6.42 Å². The number of rotatable bonds is 4. The summed E-state index contributed by atoms with van der Waals surface area (Å²) in [6, 6.07) is 0. The summed E-state index contributed by atoms with van der Waals surface area (Å²) in [4.78, 5) is 0. The fourth-order valence-corrected chi connectivity index (χ4v) is 1.44. The van der Waals surface area contributed by atoms with E-state index in [0.29, 0.717) is 6.61 Å². The second kappa shape index (κ2) is 5.74. The number of hydrogen-bond acceptors (Lipinski definition) is 6. The molecular formula is C9H18O6. The van der Waals surface area contributed by atoms with Crippen LogP contribution in [0.15, 0.2) is 0 Å². The molecule has 0 aliphatic carbocycles. The standard InChI is InChI=1S/C9H18O6/c1-2-3-14-9-8(13)7(12)6(11)5(4-10)15-9/h5-13H,2-4H2,1H3/t5-,6-,7+,8-,9+/m0/s1. The van der Waals surface area contributed by atoms with Crippen molar-refractivity contribution in [2.24, 2.45) is 0 Å². The Hall–Kier alpha value is -0.240. The number of aliphatic hydroxyl groups is 4. The molecule has 6 heteroatoms. The van der Waals surface area contributed by atoms with Gasteiger partial charge in [0.15, 0.2) is 6.29 Å². The molecule has 90 valence electrons. The average molecular weight is 222 g/mol. The molecule has 0 aromatic carbocycles. The zero-order chi connectivity index (χ0) is 11.4. The smallest absolute Gasteiger partial charge is 0.186 e. The van der Waals surface area contributed by atoms with Crippen molar-refractivity contribution in [3.8, 4) is 0 Å². The van der Waals surface area contributed by atoms with Gasteiger partial charge in [-0.25, -0.2) is 0 Å². The molecule has 1 fully saturated rings. The third-order valence-electron chi connectivity index (χ3n) is 2.33. The highest BCUT2D eigenvalue weighted by Gasteiger charge is 2.43. The lowest BCUT2D eigenvalue weighted by Gasteiger charge is -2.39. The van der Waals surface area contributed by atoms with Gasteiger partial charge in [0, 0.05) is 6.61 Å². The molecule has 1 aliphatic heterocycles. The summed E-state index contributed by atoms with van der Waals surface area (Å²) in [6.45, 7) is 1.84. The zero-order valence-corrected chi connectivity index (χ0v) is 8.61. The van der Waals surface area contributed by atoms with Crippen molar-refractivity contribution >= 4 is 0 Å². The summed E-state index contributed by atoms with van der Waals surface area (Å²) in [5, 5.41) is 37.2. The van der Waals surface area contributed by atoms with Gasteiger partial charge in [-0.1, -0.05) is 6.92 Å². The number of ether oxygens (including phenoxy) is 2. The van der Waals surface area contributed by atoms with E-state index in [1.54, 1.807) is 0 Å². The van der Waals surface area contributed by atoms with Crippen LogP contribution in [0, 0.1) is 0 Å². The quantitative estimate of drug-likeness (QED) is 0.448. The number of aliphatic hydroxyl groups excluding tert-OH is 4. The maximum absolute atomic E-state index is 9.51. The van der Waals surface area contributed by atoms with Crippen molar-refractivity contribution in [2.45, 2.75) is 44.1 Å². The molecule has 0 amide bonds. The van der Waals surface area contributed by atoms with E-state index in [4.69, 9.17) is 14.6 Å². The Balaban J connectivity index is 2.57. The molecule has 0 bridgehead atoms. The van der Waals surface area contributed by atoms with Crippen LogP contribution in [0.1, 0.15) is 13.3 Å². The Kier molecular flexibility index (Phi) is 4.91. The maximum Gasteiger partial charge on any atom is 0.186 e. The predicted molar refractivity (Wildman–Crippen MR) is 50.0 cm³/mol. The largest absolute Gasteiger partial charge is 0.394 e. The SMILES string of the molecule is CCCO[C@@H]1O[C@@H](CO)[C@H](O)[C@@H](O)[C@@H]1O. The van der Waals surface area contributed by atoms with Crippen LogP contribution in [0.25, 0.3) is 0 Å². The zero-order valence-electron chi connectivity index (χ0n) is 8.61. The molecule has 6 nitrogen and oxygen atoms in total. The van der Waals surface area contributed by atoms with Crippen LogP contribution in [0.4, 0.5) is 0 Å². The van der Waals surface area contributed by atoms with Crippen LogP contribution in [-0.2, 0) is 9.47 Å². The van der Waals surface area contributed by atoms with Gasteiger partial charge in [0.2, 0.25) is 0 Å². The van der Waals surface area contributed by atoms with E-state index in [-0.39, 0.29) is 0 Å². The van der Waals surface area contributed by atoms with Gasteiger partial charge in [-0.05, 0) is 6.42 Å². The van der Waals surface area contributed by atoms with Crippen molar-refractivity contribution in [3.63, 3.8) is 0 Å².